The second-order valence-electron chi connectivity index (χ2n) is 7.65. The van der Waals surface area contributed by atoms with Crippen LogP contribution < -0.4 is 10.9 Å². The van der Waals surface area contributed by atoms with Gasteiger partial charge in [-0.05, 0) is 31.5 Å². The van der Waals surface area contributed by atoms with Gasteiger partial charge < -0.3 is 9.88 Å². The number of para-hydroxylation sites is 1. The first kappa shape index (κ1) is 20.2. The van der Waals surface area contributed by atoms with E-state index in [1.54, 1.807) is 17.5 Å². The maximum atomic E-state index is 13.2. The van der Waals surface area contributed by atoms with E-state index in [1.165, 1.54) is 9.56 Å². The smallest absolute Gasteiger partial charge is 0.291 e. The maximum Gasteiger partial charge on any atom is 0.291 e. The Kier molecular flexibility index (Phi) is 5.11. The fraction of sp³-hybridized carbons (Fsp3) is 0.160. The monoisotopic (exact) mass is 442 g/mol. The van der Waals surface area contributed by atoms with Crippen LogP contribution >= 0.6 is 11.3 Å². The zero-order valence-corrected chi connectivity index (χ0v) is 18.6. The molecule has 0 fully saturated rings. The van der Waals surface area contributed by atoms with Gasteiger partial charge in [-0.25, -0.2) is 4.68 Å². The zero-order chi connectivity index (χ0) is 22.2. The van der Waals surface area contributed by atoms with E-state index in [2.05, 4.69) is 23.4 Å². The average Bonchev–Trinajstić information content (AvgIpc) is 3.31. The molecule has 6 nitrogen and oxygen atoms in total. The van der Waals surface area contributed by atoms with E-state index in [-0.39, 0.29) is 18.0 Å². The number of fused-ring (bicyclic) bond motifs is 3. The molecule has 0 unspecified atom stereocenters. The Bertz CT molecular complexity index is 1510. The van der Waals surface area contributed by atoms with Crippen LogP contribution in [0.5, 0.6) is 0 Å². The SMILES string of the molecule is CCn1c2cc(C)sc2c2cnn(CC(=O)Nc3ccccc3-c3ccccc3)c(=O)c21. The molecule has 0 aliphatic heterocycles. The quantitative estimate of drug-likeness (QED) is 0.414. The molecule has 1 N–H and O–H groups in total. The third kappa shape index (κ3) is 3.40. The van der Waals surface area contributed by atoms with Crippen molar-refractivity contribution < 1.29 is 4.79 Å². The third-order valence-electron chi connectivity index (χ3n) is 5.55. The van der Waals surface area contributed by atoms with Crippen molar-refractivity contribution in [3.63, 3.8) is 0 Å². The van der Waals surface area contributed by atoms with E-state index in [1.807, 2.05) is 66.1 Å². The fourth-order valence-corrected chi connectivity index (χ4v) is 5.17. The van der Waals surface area contributed by atoms with Crippen molar-refractivity contribution >= 4 is 44.1 Å². The van der Waals surface area contributed by atoms with Gasteiger partial charge in [0.05, 0.1) is 16.4 Å². The highest BCUT2D eigenvalue weighted by atomic mass is 32.1. The topological polar surface area (TPSA) is 68.9 Å². The normalized spacial score (nSPS) is 11.3. The first-order chi connectivity index (χ1) is 15.6. The third-order valence-corrected chi connectivity index (χ3v) is 6.63. The summed E-state index contributed by atoms with van der Waals surface area (Å²) in [5.74, 6) is -0.297. The van der Waals surface area contributed by atoms with E-state index in [4.69, 9.17) is 0 Å². The Morgan fingerprint density at radius 2 is 1.84 bits per heavy atom. The number of aryl methyl sites for hydroxylation is 2. The number of carbonyl (C=O) groups excluding carboxylic acids is 1. The second-order valence-corrected chi connectivity index (χ2v) is 8.90. The molecular formula is C25H22N4O2S. The van der Waals surface area contributed by atoms with Crippen LogP contribution in [0.15, 0.2) is 71.7 Å². The number of carbonyl (C=O) groups is 1. The Hall–Kier alpha value is -3.71. The summed E-state index contributed by atoms with van der Waals surface area (Å²) in [5, 5.41) is 8.10. The summed E-state index contributed by atoms with van der Waals surface area (Å²) in [7, 11) is 0. The minimum Gasteiger partial charge on any atom is -0.335 e. The summed E-state index contributed by atoms with van der Waals surface area (Å²) in [4.78, 5) is 27.3. The predicted octanol–water partition coefficient (Wildman–Crippen LogP) is 5.05. The Morgan fingerprint density at radius 3 is 2.62 bits per heavy atom. The van der Waals surface area contributed by atoms with Gasteiger partial charge in [-0.15, -0.1) is 11.3 Å². The lowest BCUT2D eigenvalue weighted by atomic mass is 10.0. The van der Waals surface area contributed by atoms with Crippen LogP contribution in [0.1, 0.15) is 11.8 Å². The van der Waals surface area contributed by atoms with Gasteiger partial charge in [-0.1, -0.05) is 48.5 Å². The molecule has 0 aliphatic carbocycles. The molecule has 0 saturated carbocycles. The first-order valence-electron chi connectivity index (χ1n) is 10.5. The molecule has 0 bridgehead atoms. The minimum absolute atomic E-state index is 0.153. The molecule has 0 saturated heterocycles. The van der Waals surface area contributed by atoms with Crippen LogP contribution in [0, 0.1) is 6.92 Å². The second kappa shape index (κ2) is 8.09. The van der Waals surface area contributed by atoms with E-state index >= 15 is 0 Å². The number of amides is 1. The van der Waals surface area contributed by atoms with Crippen LogP contribution in [0.25, 0.3) is 32.2 Å². The highest BCUT2D eigenvalue weighted by molar-refractivity contribution is 7.20. The van der Waals surface area contributed by atoms with E-state index < -0.39 is 0 Å². The lowest BCUT2D eigenvalue weighted by Gasteiger charge is -2.12. The van der Waals surface area contributed by atoms with Crippen molar-refractivity contribution in [2.24, 2.45) is 0 Å². The summed E-state index contributed by atoms with van der Waals surface area (Å²) >= 11 is 1.66. The summed E-state index contributed by atoms with van der Waals surface area (Å²) in [6.07, 6.45) is 1.70. The summed E-state index contributed by atoms with van der Waals surface area (Å²) in [5.41, 5.74) is 4.02. The van der Waals surface area contributed by atoms with Crippen molar-refractivity contribution in [1.29, 1.82) is 0 Å². The lowest BCUT2D eigenvalue weighted by molar-refractivity contribution is -0.117. The van der Waals surface area contributed by atoms with Gasteiger partial charge in [0.15, 0.2) is 0 Å². The molecule has 5 rings (SSSR count). The number of nitrogens with zero attached hydrogens (tertiary/aromatic N) is 3. The molecule has 7 heteroatoms. The molecular weight excluding hydrogens is 420 g/mol. The van der Waals surface area contributed by atoms with E-state index in [0.29, 0.717) is 17.7 Å². The number of benzene rings is 2. The van der Waals surface area contributed by atoms with Gasteiger partial charge in [0.2, 0.25) is 5.91 Å². The number of hydrogen-bond acceptors (Lipinski definition) is 4. The Labute approximate surface area is 188 Å². The number of anilines is 1. The van der Waals surface area contributed by atoms with Crippen LogP contribution in [-0.2, 0) is 17.9 Å². The zero-order valence-electron chi connectivity index (χ0n) is 17.8. The molecule has 32 heavy (non-hydrogen) atoms. The van der Waals surface area contributed by atoms with Gasteiger partial charge in [0, 0.05) is 28.1 Å². The van der Waals surface area contributed by atoms with Crippen molar-refractivity contribution in [3.8, 4) is 11.1 Å². The van der Waals surface area contributed by atoms with E-state index in [9.17, 15) is 9.59 Å². The number of aromatic nitrogens is 3. The molecule has 0 atom stereocenters. The number of thiophene rings is 1. The Balaban J connectivity index is 1.48. The molecule has 0 spiro atoms. The van der Waals surface area contributed by atoms with Crippen molar-refractivity contribution in [3.05, 3.63) is 82.1 Å². The highest BCUT2D eigenvalue weighted by Crippen LogP contribution is 2.33. The highest BCUT2D eigenvalue weighted by Gasteiger charge is 2.18. The van der Waals surface area contributed by atoms with Crippen LogP contribution in [0.4, 0.5) is 5.69 Å². The first-order valence-corrected chi connectivity index (χ1v) is 11.3. The number of nitrogens with one attached hydrogen (secondary N) is 1. The molecule has 5 aromatic rings. The van der Waals surface area contributed by atoms with Gasteiger partial charge in [0.25, 0.3) is 5.56 Å². The standard InChI is InChI=1S/C25H22N4O2S/c1-3-28-21-13-16(2)32-24(21)19-14-26-29(25(31)23(19)28)15-22(30)27-20-12-8-7-11-18(20)17-9-5-4-6-10-17/h4-14H,3,15H2,1-2H3,(H,27,30). The molecule has 1 amide bonds. The van der Waals surface area contributed by atoms with Gasteiger partial charge >= 0.3 is 0 Å². The fourth-order valence-electron chi connectivity index (χ4n) is 4.15. The van der Waals surface area contributed by atoms with Crippen LogP contribution in [0.3, 0.4) is 0 Å². The average molecular weight is 443 g/mol. The van der Waals surface area contributed by atoms with Gasteiger partial charge in [-0.3, -0.25) is 9.59 Å². The molecule has 3 heterocycles. The van der Waals surface area contributed by atoms with Crippen LogP contribution in [0.2, 0.25) is 0 Å². The maximum absolute atomic E-state index is 13.2. The van der Waals surface area contributed by atoms with Crippen molar-refractivity contribution in [1.82, 2.24) is 14.3 Å². The van der Waals surface area contributed by atoms with Gasteiger partial charge in [0.1, 0.15) is 12.1 Å². The minimum atomic E-state index is -0.297. The van der Waals surface area contributed by atoms with E-state index in [0.717, 1.165) is 26.7 Å². The molecule has 0 radical (unpaired) electrons. The van der Waals surface area contributed by atoms with Crippen LogP contribution in [-0.4, -0.2) is 20.3 Å². The molecule has 0 aliphatic rings. The number of hydrogen-bond donors (Lipinski definition) is 1. The predicted molar refractivity (Wildman–Crippen MR) is 130 cm³/mol. The van der Waals surface area contributed by atoms with Crippen molar-refractivity contribution in [2.45, 2.75) is 26.9 Å². The van der Waals surface area contributed by atoms with Crippen molar-refractivity contribution in [2.75, 3.05) is 5.32 Å². The Morgan fingerprint density at radius 1 is 1.09 bits per heavy atom. The summed E-state index contributed by atoms with van der Waals surface area (Å²) in [6, 6.07) is 19.6. The summed E-state index contributed by atoms with van der Waals surface area (Å²) < 4.78 is 4.32. The molecule has 3 aromatic heterocycles. The largest absolute Gasteiger partial charge is 0.335 e. The lowest BCUT2D eigenvalue weighted by Crippen LogP contribution is -2.30. The molecule has 2 aromatic carbocycles. The molecule has 160 valence electrons. The van der Waals surface area contributed by atoms with Gasteiger partial charge in [-0.2, -0.15) is 5.10 Å². The number of rotatable bonds is 5. The summed E-state index contributed by atoms with van der Waals surface area (Å²) in [6.45, 7) is 4.59.